The zero-order valence-corrected chi connectivity index (χ0v) is 13.5. The van der Waals surface area contributed by atoms with Crippen molar-refractivity contribution < 1.29 is 10.2 Å². The van der Waals surface area contributed by atoms with Crippen LogP contribution in [0.1, 0.15) is 78.0 Å². The Morgan fingerprint density at radius 2 is 1.47 bits per heavy atom. The second kappa shape index (κ2) is 4.73. The molecule has 0 amide bonds. The van der Waals surface area contributed by atoms with E-state index in [0.717, 1.165) is 5.56 Å². The Balaban J connectivity index is 3.74. The molecule has 0 bridgehead atoms. The molecule has 19 heavy (non-hydrogen) atoms. The second-order valence-electron chi connectivity index (χ2n) is 7.70. The van der Waals surface area contributed by atoms with Gasteiger partial charge >= 0.3 is 0 Å². The van der Waals surface area contributed by atoms with E-state index in [2.05, 4.69) is 13.8 Å². The molecule has 2 nitrogen and oxygen atoms in total. The lowest BCUT2D eigenvalue weighted by Crippen LogP contribution is -2.21. The van der Waals surface area contributed by atoms with Gasteiger partial charge < -0.3 is 5.11 Å². The zero-order chi connectivity index (χ0) is 15.2. The third kappa shape index (κ3) is 3.05. The van der Waals surface area contributed by atoms with Gasteiger partial charge in [-0.3, -0.25) is 5.11 Å². The zero-order valence-electron chi connectivity index (χ0n) is 13.5. The summed E-state index contributed by atoms with van der Waals surface area (Å²) in [5.41, 5.74) is 1.74. The van der Waals surface area contributed by atoms with Gasteiger partial charge in [-0.1, -0.05) is 67.2 Å². The summed E-state index contributed by atoms with van der Waals surface area (Å²) in [5.74, 6) is -0.408. The molecule has 0 spiro atoms. The van der Waals surface area contributed by atoms with E-state index in [1.165, 1.54) is 0 Å². The van der Waals surface area contributed by atoms with Crippen LogP contribution in [-0.4, -0.2) is 0 Å². The summed E-state index contributed by atoms with van der Waals surface area (Å²) in [4.78, 5) is 0. The van der Waals surface area contributed by atoms with Crippen LogP contribution in [0.15, 0.2) is 6.07 Å². The average Bonchev–Trinajstić information content (AvgIpc) is 2.17. The first kappa shape index (κ1) is 15.9. The molecule has 1 aromatic rings. The first-order valence-electron chi connectivity index (χ1n) is 6.93. The topological polar surface area (TPSA) is 43.0 Å². The van der Waals surface area contributed by atoms with E-state index in [1.54, 1.807) is 0 Å². The fourth-order valence-corrected chi connectivity index (χ4v) is 2.45. The largest absolute Gasteiger partial charge is 0.870 e. The smallest absolute Gasteiger partial charge is 0.175 e. The Morgan fingerprint density at radius 3 is 1.79 bits per heavy atom. The summed E-state index contributed by atoms with van der Waals surface area (Å²) < 4.78 is 0. The number of rotatable bonds is 1. The van der Waals surface area contributed by atoms with Gasteiger partial charge in [0.25, 0.3) is 0 Å². The van der Waals surface area contributed by atoms with Crippen LogP contribution in [0.2, 0.25) is 0 Å². The fraction of sp³-hybridized carbons (Fsp3) is 0.647. The Hall–Kier alpha value is -1.18. The first-order chi connectivity index (χ1) is 8.37. The van der Waals surface area contributed by atoms with Crippen LogP contribution in [0, 0.1) is 0 Å². The van der Waals surface area contributed by atoms with Crippen molar-refractivity contribution in [2.45, 2.75) is 72.1 Å². The van der Waals surface area contributed by atoms with E-state index in [1.807, 2.05) is 47.6 Å². The molecule has 0 aromatic heterocycles. The van der Waals surface area contributed by atoms with Crippen molar-refractivity contribution in [3.05, 3.63) is 22.8 Å². The highest BCUT2D eigenvalue weighted by molar-refractivity contribution is 5.58. The minimum Gasteiger partial charge on any atom is -0.870 e. The van der Waals surface area contributed by atoms with Crippen LogP contribution in [0.3, 0.4) is 0 Å². The molecule has 0 atom stereocenters. The normalized spacial score (nSPS) is 13.1. The first-order valence-corrected chi connectivity index (χ1v) is 6.93. The molecule has 107 valence electrons. The highest BCUT2D eigenvalue weighted by Gasteiger charge is 2.28. The summed E-state index contributed by atoms with van der Waals surface area (Å²) in [7, 11) is 0. The fourth-order valence-electron chi connectivity index (χ4n) is 2.45. The van der Waals surface area contributed by atoms with E-state index in [-0.39, 0.29) is 28.2 Å². The van der Waals surface area contributed by atoms with Crippen molar-refractivity contribution >= 4 is 0 Å². The summed E-state index contributed by atoms with van der Waals surface area (Å²) >= 11 is 0. The summed E-state index contributed by atoms with van der Waals surface area (Å²) in [6.45, 7) is 16.0. The average molecular weight is 262 g/mol. The maximum Gasteiger partial charge on any atom is 0.175 e. The van der Waals surface area contributed by atoms with Crippen molar-refractivity contribution in [1.82, 2.24) is 0 Å². The van der Waals surface area contributed by atoms with Crippen LogP contribution < -0.4 is 5.11 Å². The lowest BCUT2D eigenvalue weighted by molar-refractivity contribution is -0.272. The highest BCUT2D eigenvalue weighted by Crippen LogP contribution is 2.46. The van der Waals surface area contributed by atoms with Gasteiger partial charge in [-0.05, 0) is 27.9 Å². The van der Waals surface area contributed by atoms with Gasteiger partial charge in [0.1, 0.15) is 0 Å². The Morgan fingerprint density at radius 1 is 1.00 bits per heavy atom. The van der Waals surface area contributed by atoms with E-state index in [0.29, 0.717) is 11.1 Å². The molecular weight excluding hydrogens is 236 g/mol. The van der Waals surface area contributed by atoms with E-state index in [4.69, 9.17) is 0 Å². The number of hydrogen-bond acceptors (Lipinski definition) is 1. The maximum absolute atomic E-state index is 12.5. The van der Waals surface area contributed by atoms with Gasteiger partial charge in [-0.25, -0.2) is 0 Å². The van der Waals surface area contributed by atoms with Gasteiger partial charge in [-0.15, -0.1) is 0 Å². The Labute approximate surface area is 117 Å². The predicted octanol–water partition coefficient (Wildman–Crippen LogP) is 4.62. The molecule has 0 saturated carbocycles. The maximum atomic E-state index is 12.5. The van der Waals surface area contributed by atoms with Gasteiger partial charge in [0.2, 0.25) is 0 Å². The van der Waals surface area contributed by atoms with Crippen molar-refractivity contribution in [2.75, 3.05) is 0 Å². The SMILES string of the molecule is CC(C)c1cc(C(C)(C)C)c([O-])c([O])c1C(C)(C)C. The molecule has 0 aliphatic carbocycles. The predicted molar refractivity (Wildman–Crippen MR) is 77.5 cm³/mol. The monoisotopic (exact) mass is 262 g/mol. The van der Waals surface area contributed by atoms with Crippen LogP contribution in [0.5, 0.6) is 11.5 Å². The van der Waals surface area contributed by atoms with E-state index >= 15 is 0 Å². The minimum atomic E-state index is -0.332. The van der Waals surface area contributed by atoms with E-state index in [9.17, 15) is 10.2 Å². The molecule has 0 saturated heterocycles. The van der Waals surface area contributed by atoms with Crippen molar-refractivity contribution in [3.8, 4) is 11.5 Å². The summed E-state index contributed by atoms with van der Waals surface area (Å²) in [6.07, 6.45) is 0. The Bertz CT molecular complexity index is 472. The molecular formula is C17H26O2-. The van der Waals surface area contributed by atoms with Gasteiger partial charge in [0, 0.05) is 5.56 Å². The van der Waals surface area contributed by atoms with Crippen molar-refractivity contribution in [1.29, 1.82) is 0 Å². The third-order valence-corrected chi connectivity index (χ3v) is 3.45. The molecule has 0 fully saturated rings. The third-order valence-electron chi connectivity index (χ3n) is 3.45. The second-order valence-corrected chi connectivity index (χ2v) is 7.70. The van der Waals surface area contributed by atoms with Gasteiger partial charge in [0.05, 0.1) is 0 Å². The molecule has 0 heterocycles. The van der Waals surface area contributed by atoms with Crippen LogP contribution in [0.25, 0.3) is 0 Å². The molecule has 1 aromatic carbocycles. The van der Waals surface area contributed by atoms with Gasteiger partial charge in [0.15, 0.2) is 5.75 Å². The quantitative estimate of drug-likeness (QED) is 0.728. The molecule has 1 rings (SSSR count). The molecule has 1 radical (unpaired) electrons. The number of benzene rings is 1. The lowest BCUT2D eigenvalue weighted by atomic mass is 9.75. The van der Waals surface area contributed by atoms with Crippen molar-refractivity contribution in [3.63, 3.8) is 0 Å². The minimum absolute atomic E-state index is 0.239. The Kier molecular flexibility index (Phi) is 3.96. The molecule has 0 aliphatic rings. The standard InChI is InChI=1S/C17H27O2/c1-10(2)11-9-12(16(3,4)5)14(18)15(19)13(11)17(6,7)8/h9-10,18H,1-8H3/p-1. The highest BCUT2D eigenvalue weighted by atomic mass is 16.3. The van der Waals surface area contributed by atoms with Gasteiger partial charge in [-0.2, -0.15) is 0 Å². The summed E-state index contributed by atoms with van der Waals surface area (Å²) in [6, 6.07) is 1.95. The molecule has 0 N–H and O–H groups in total. The van der Waals surface area contributed by atoms with Crippen molar-refractivity contribution in [2.24, 2.45) is 0 Å². The molecule has 2 heteroatoms. The van der Waals surface area contributed by atoms with Crippen LogP contribution in [0.4, 0.5) is 0 Å². The van der Waals surface area contributed by atoms with Crippen LogP contribution in [-0.2, 0) is 15.9 Å². The summed E-state index contributed by atoms with van der Waals surface area (Å²) in [5, 5.41) is 24.8. The van der Waals surface area contributed by atoms with Crippen LogP contribution >= 0.6 is 0 Å². The molecule has 0 aliphatic heterocycles. The lowest BCUT2D eigenvalue weighted by Gasteiger charge is -2.33. The number of hydrogen-bond donors (Lipinski definition) is 0. The molecule has 0 unspecified atom stereocenters. The van der Waals surface area contributed by atoms with E-state index < -0.39 is 0 Å².